The van der Waals surface area contributed by atoms with E-state index in [-0.39, 0.29) is 11.0 Å². The molecule has 9 heteroatoms. The van der Waals surface area contributed by atoms with Crippen LogP contribution in [0.3, 0.4) is 0 Å². The number of carboxylic acids is 1. The third kappa shape index (κ3) is 4.14. The number of rotatable bonds is 7. The van der Waals surface area contributed by atoms with E-state index in [9.17, 15) is 9.90 Å². The van der Waals surface area contributed by atoms with Crippen LogP contribution in [0.15, 0.2) is 41.2 Å². The number of pyridine rings is 1. The number of aromatic nitrogens is 2. The number of anilines is 1. The SMILES string of the molecule is COc1cc(C(=O)O)cc(N2CC3(CC(/C=C/c4c(-c5c(Cl)cncc5Cl)noc4C4CC4)C3)C2)c1. The van der Waals surface area contributed by atoms with Crippen LogP contribution in [0, 0.1) is 11.3 Å². The van der Waals surface area contributed by atoms with Crippen molar-refractivity contribution in [2.75, 3.05) is 25.1 Å². The van der Waals surface area contributed by atoms with Gasteiger partial charge in [0.1, 0.15) is 17.2 Å². The number of methoxy groups -OCH3 is 1. The number of benzene rings is 1. The molecule has 0 amide bonds. The Hall–Kier alpha value is -3.03. The normalized spacial score (nSPS) is 18.9. The van der Waals surface area contributed by atoms with E-state index in [1.807, 2.05) is 6.07 Å². The molecule has 1 N–H and O–H groups in total. The van der Waals surface area contributed by atoms with E-state index < -0.39 is 5.97 Å². The number of halogens is 2. The van der Waals surface area contributed by atoms with Gasteiger partial charge < -0.3 is 19.3 Å². The minimum absolute atomic E-state index is 0.241. The Bertz CT molecular complexity index is 1350. The molecule has 2 aromatic heterocycles. The molecule has 2 saturated carbocycles. The van der Waals surface area contributed by atoms with Gasteiger partial charge in [0.2, 0.25) is 0 Å². The molecular weight excluding hydrogens is 501 g/mol. The van der Waals surface area contributed by atoms with Crippen molar-refractivity contribution >= 4 is 40.9 Å². The highest BCUT2D eigenvalue weighted by molar-refractivity contribution is 6.39. The molecule has 3 fully saturated rings. The molecular formula is C27H25Cl2N3O4. The van der Waals surface area contributed by atoms with E-state index in [0.29, 0.717) is 38.9 Å². The van der Waals surface area contributed by atoms with Gasteiger partial charge in [-0.05, 0) is 43.7 Å². The van der Waals surface area contributed by atoms with Crippen molar-refractivity contribution in [1.82, 2.24) is 10.1 Å². The van der Waals surface area contributed by atoms with Crippen molar-refractivity contribution in [3.63, 3.8) is 0 Å². The van der Waals surface area contributed by atoms with Gasteiger partial charge in [0.15, 0.2) is 0 Å². The average molecular weight is 526 g/mol. The minimum Gasteiger partial charge on any atom is -0.497 e. The van der Waals surface area contributed by atoms with Gasteiger partial charge in [-0.1, -0.05) is 40.5 Å². The van der Waals surface area contributed by atoms with E-state index in [4.69, 9.17) is 32.5 Å². The van der Waals surface area contributed by atoms with Gasteiger partial charge in [0.25, 0.3) is 0 Å². The summed E-state index contributed by atoms with van der Waals surface area (Å²) in [6.45, 7) is 1.83. The molecule has 36 heavy (non-hydrogen) atoms. The average Bonchev–Trinajstić information content (AvgIpc) is 3.57. The highest BCUT2D eigenvalue weighted by atomic mass is 35.5. The molecule has 1 saturated heterocycles. The second-order valence-corrected chi connectivity index (χ2v) is 11.0. The summed E-state index contributed by atoms with van der Waals surface area (Å²) in [5, 5.41) is 14.7. The summed E-state index contributed by atoms with van der Waals surface area (Å²) in [4.78, 5) is 17.7. The van der Waals surface area contributed by atoms with Crippen molar-refractivity contribution < 1.29 is 19.2 Å². The lowest BCUT2D eigenvalue weighted by Gasteiger charge is -2.59. The molecule has 1 aliphatic heterocycles. The first-order chi connectivity index (χ1) is 17.4. The van der Waals surface area contributed by atoms with Gasteiger partial charge in [-0.2, -0.15) is 0 Å². The number of hydrogen-bond acceptors (Lipinski definition) is 6. The molecule has 3 heterocycles. The Morgan fingerprint density at radius 1 is 1.19 bits per heavy atom. The first kappa shape index (κ1) is 23.4. The molecule has 186 valence electrons. The second kappa shape index (κ2) is 8.82. The van der Waals surface area contributed by atoms with Crippen LogP contribution in [0.25, 0.3) is 17.3 Å². The van der Waals surface area contributed by atoms with Crippen LogP contribution in [0.2, 0.25) is 10.0 Å². The fourth-order valence-corrected chi connectivity index (χ4v) is 6.10. The summed E-state index contributed by atoms with van der Waals surface area (Å²) in [7, 11) is 1.55. The molecule has 0 bridgehead atoms. The number of aromatic carboxylic acids is 1. The number of nitrogens with zero attached hydrogens (tertiary/aromatic N) is 3. The quantitative estimate of drug-likeness (QED) is 0.373. The summed E-state index contributed by atoms with van der Waals surface area (Å²) in [5.74, 6) is 1.38. The topological polar surface area (TPSA) is 88.7 Å². The summed E-state index contributed by atoms with van der Waals surface area (Å²) >= 11 is 12.8. The summed E-state index contributed by atoms with van der Waals surface area (Å²) in [6, 6.07) is 5.17. The lowest BCUT2D eigenvalue weighted by atomic mass is 9.57. The van der Waals surface area contributed by atoms with Crippen molar-refractivity contribution in [2.24, 2.45) is 11.3 Å². The van der Waals surface area contributed by atoms with Crippen molar-refractivity contribution in [2.45, 2.75) is 31.6 Å². The maximum Gasteiger partial charge on any atom is 0.335 e. The Morgan fingerprint density at radius 2 is 1.92 bits per heavy atom. The summed E-state index contributed by atoms with van der Waals surface area (Å²) < 4.78 is 11.0. The highest BCUT2D eigenvalue weighted by Gasteiger charge is 2.51. The van der Waals surface area contributed by atoms with Crippen LogP contribution in [-0.4, -0.2) is 41.4 Å². The first-order valence-electron chi connectivity index (χ1n) is 12.0. The minimum atomic E-state index is -0.952. The number of carboxylic acid groups (broad SMARTS) is 1. The lowest BCUT2D eigenvalue weighted by molar-refractivity contribution is 0.0485. The zero-order chi connectivity index (χ0) is 25.0. The monoisotopic (exact) mass is 525 g/mol. The number of allylic oxidation sites excluding steroid dienone is 1. The predicted molar refractivity (Wildman–Crippen MR) is 138 cm³/mol. The van der Waals surface area contributed by atoms with Gasteiger partial charge in [0.05, 0.1) is 22.7 Å². The maximum atomic E-state index is 11.5. The molecule has 3 aromatic rings. The Labute approximate surface area is 218 Å². The van der Waals surface area contributed by atoms with Crippen molar-refractivity contribution in [1.29, 1.82) is 0 Å². The van der Waals surface area contributed by atoms with E-state index >= 15 is 0 Å². The van der Waals surface area contributed by atoms with Crippen LogP contribution in [0.4, 0.5) is 5.69 Å². The molecule has 6 rings (SSSR count). The van der Waals surface area contributed by atoms with E-state index in [2.05, 4.69) is 27.2 Å². The lowest BCUT2D eigenvalue weighted by Crippen LogP contribution is -2.62. The van der Waals surface area contributed by atoms with Crippen LogP contribution in [-0.2, 0) is 0 Å². The van der Waals surface area contributed by atoms with Crippen molar-refractivity contribution in [3.8, 4) is 17.0 Å². The second-order valence-electron chi connectivity index (χ2n) is 10.2. The summed E-state index contributed by atoms with van der Waals surface area (Å²) in [5.41, 5.74) is 3.69. The van der Waals surface area contributed by atoms with Gasteiger partial charge >= 0.3 is 5.97 Å². The van der Waals surface area contributed by atoms with E-state index in [0.717, 1.165) is 55.8 Å². The predicted octanol–water partition coefficient (Wildman–Crippen LogP) is 6.56. The molecule has 0 unspecified atom stereocenters. The molecule has 1 aromatic carbocycles. The molecule has 7 nitrogen and oxygen atoms in total. The standard InChI is InChI=1S/C27H25Cl2N3O4/c1-35-19-7-17(26(33)34)6-18(8-19)32-13-27(14-32)9-15(10-27)2-5-20-24(31-36-25(20)16-3-4-16)23-21(28)11-30-12-22(23)29/h2,5-8,11-12,15-16H,3-4,9-10,13-14H2,1H3,(H,33,34)/b5-2+. The van der Waals surface area contributed by atoms with Crippen LogP contribution >= 0.6 is 23.2 Å². The zero-order valence-electron chi connectivity index (χ0n) is 19.7. The third-order valence-corrected chi connectivity index (χ3v) is 8.08. The first-order valence-corrected chi connectivity index (χ1v) is 12.8. The van der Waals surface area contributed by atoms with Crippen molar-refractivity contribution in [3.05, 3.63) is 63.6 Å². The zero-order valence-corrected chi connectivity index (χ0v) is 21.2. The molecule has 3 aliphatic rings. The summed E-state index contributed by atoms with van der Waals surface area (Å²) in [6.07, 6.45) is 11.9. The smallest absolute Gasteiger partial charge is 0.335 e. The van der Waals surface area contributed by atoms with Crippen LogP contribution in [0.5, 0.6) is 5.75 Å². The van der Waals surface area contributed by atoms with Crippen LogP contribution < -0.4 is 9.64 Å². The molecule has 2 aliphatic carbocycles. The van der Waals surface area contributed by atoms with Crippen LogP contribution in [0.1, 0.15) is 53.3 Å². The molecule has 1 spiro atoms. The highest BCUT2D eigenvalue weighted by Crippen LogP contribution is 2.54. The molecule has 0 atom stereocenters. The number of ether oxygens (including phenoxy) is 1. The van der Waals surface area contributed by atoms with Gasteiger partial charge in [-0.3, -0.25) is 4.98 Å². The fourth-order valence-electron chi connectivity index (χ4n) is 5.56. The Balaban J connectivity index is 1.16. The van der Waals surface area contributed by atoms with E-state index in [1.54, 1.807) is 31.6 Å². The van der Waals surface area contributed by atoms with Gasteiger partial charge in [0, 0.05) is 59.7 Å². The maximum absolute atomic E-state index is 11.5. The van der Waals surface area contributed by atoms with E-state index in [1.165, 1.54) is 0 Å². The Morgan fingerprint density at radius 3 is 2.56 bits per heavy atom. The third-order valence-electron chi connectivity index (χ3n) is 7.51. The fraction of sp³-hybridized carbons (Fsp3) is 0.370. The van der Waals surface area contributed by atoms with Gasteiger partial charge in [-0.15, -0.1) is 0 Å². The largest absolute Gasteiger partial charge is 0.497 e. The number of carbonyl (C=O) groups is 1. The van der Waals surface area contributed by atoms with Gasteiger partial charge in [-0.25, -0.2) is 4.79 Å². The Kier molecular flexibility index (Phi) is 5.73. The number of hydrogen-bond donors (Lipinski definition) is 1. The molecule has 0 radical (unpaired) electrons.